The number of ketones is 1. The average molecular weight is 340 g/mol. The molecule has 0 bridgehead atoms. The van der Waals surface area contributed by atoms with Crippen LogP contribution in [0.4, 0.5) is 0 Å². The average Bonchev–Trinajstić information content (AvgIpc) is 2.54. The van der Waals surface area contributed by atoms with E-state index in [4.69, 9.17) is 5.73 Å². The fourth-order valence-electron chi connectivity index (χ4n) is 3.38. The first-order chi connectivity index (χ1) is 11.5. The molecule has 0 saturated heterocycles. The number of Topliss-reactive ketones (excluding diaryl/α,β-unsaturated/α-hetero) is 1. The van der Waals surface area contributed by atoms with Gasteiger partial charge >= 0.3 is 0 Å². The van der Waals surface area contributed by atoms with Crippen molar-refractivity contribution in [3.05, 3.63) is 0 Å². The van der Waals surface area contributed by atoms with Gasteiger partial charge < -0.3 is 5.73 Å². The number of hydrogen-bond acceptors (Lipinski definition) is 2. The summed E-state index contributed by atoms with van der Waals surface area (Å²) in [6, 6.07) is -0.277. The molecule has 0 fully saturated rings. The molecule has 2 nitrogen and oxygen atoms in total. The largest absolute Gasteiger partial charge is 0.322 e. The van der Waals surface area contributed by atoms with E-state index < -0.39 is 0 Å². The molecule has 2 heteroatoms. The van der Waals surface area contributed by atoms with E-state index in [2.05, 4.69) is 20.8 Å². The lowest BCUT2D eigenvalue weighted by Gasteiger charge is -2.14. The molecule has 2 N–H and O–H groups in total. The van der Waals surface area contributed by atoms with Crippen LogP contribution in [-0.2, 0) is 4.79 Å². The molecule has 0 aromatic carbocycles. The van der Waals surface area contributed by atoms with Crippen molar-refractivity contribution in [3.8, 4) is 0 Å². The van der Waals surface area contributed by atoms with Crippen molar-refractivity contribution in [2.24, 2.45) is 17.6 Å². The molecule has 0 radical (unpaired) electrons. The van der Waals surface area contributed by atoms with Gasteiger partial charge in [-0.2, -0.15) is 0 Å². The van der Waals surface area contributed by atoms with Crippen LogP contribution in [0.2, 0.25) is 0 Å². The highest BCUT2D eigenvalue weighted by molar-refractivity contribution is 5.83. The van der Waals surface area contributed by atoms with Crippen molar-refractivity contribution in [1.29, 1.82) is 0 Å². The van der Waals surface area contributed by atoms with E-state index in [-0.39, 0.29) is 11.8 Å². The Balaban J connectivity index is 3.34. The molecule has 24 heavy (non-hydrogen) atoms. The third-order valence-corrected chi connectivity index (χ3v) is 5.32. The molecule has 0 aromatic rings. The Morgan fingerprint density at radius 3 is 1.71 bits per heavy atom. The van der Waals surface area contributed by atoms with Crippen LogP contribution in [0.1, 0.15) is 118 Å². The first kappa shape index (κ1) is 23.6. The van der Waals surface area contributed by atoms with E-state index in [9.17, 15) is 4.79 Å². The number of nitrogens with two attached hydrogens (primary N) is 1. The Hall–Kier alpha value is -0.370. The molecule has 144 valence electrons. The van der Waals surface area contributed by atoms with Crippen LogP contribution in [0.3, 0.4) is 0 Å². The van der Waals surface area contributed by atoms with Crippen molar-refractivity contribution in [2.75, 3.05) is 0 Å². The summed E-state index contributed by atoms with van der Waals surface area (Å²) in [6.45, 7) is 8.92. The molecular formula is C22H45NO. The van der Waals surface area contributed by atoms with Crippen LogP contribution in [0.5, 0.6) is 0 Å². The van der Waals surface area contributed by atoms with Gasteiger partial charge in [-0.3, -0.25) is 4.79 Å². The zero-order chi connectivity index (χ0) is 18.2. The van der Waals surface area contributed by atoms with Gasteiger partial charge in [0.05, 0.1) is 6.04 Å². The molecule has 0 aliphatic rings. The molecule has 0 unspecified atom stereocenters. The minimum absolute atomic E-state index is 0.216. The number of carbonyl (C=O) groups is 1. The summed E-state index contributed by atoms with van der Waals surface area (Å²) in [5, 5.41) is 0. The highest BCUT2D eigenvalue weighted by Crippen LogP contribution is 2.21. The van der Waals surface area contributed by atoms with E-state index in [1.165, 1.54) is 77.0 Å². The van der Waals surface area contributed by atoms with Crippen LogP contribution in [0.15, 0.2) is 0 Å². The Kier molecular flexibility index (Phi) is 15.9. The van der Waals surface area contributed by atoms with E-state index in [1.54, 1.807) is 6.92 Å². The van der Waals surface area contributed by atoms with Gasteiger partial charge in [-0.15, -0.1) is 0 Å². The lowest BCUT2D eigenvalue weighted by atomic mass is 9.92. The summed E-state index contributed by atoms with van der Waals surface area (Å²) in [6.07, 6.45) is 18.0. The number of carbonyl (C=O) groups excluding carboxylic acids is 1. The second-order valence-corrected chi connectivity index (χ2v) is 8.20. The third kappa shape index (κ3) is 15.2. The molecule has 0 aromatic heterocycles. The summed E-state index contributed by atoms with van der Waals surface area (Å²) in [5.74, 6) is 2.03. The monoisotopic (exact) mass is 339 g/mol. The topological polar surface area (TPSA) is 43.1 Å². The molecule has 0 aliphatic carbocycles. The Labute approximate surface area is 152 Å². The maximum atomic E-state index is 11.4. The van der Waals surface area contributed by atoms with Gasteiger partial charge in [-0.05, 0) is 25.2 Å². The van der Waals surface area contributed by atoms with Crippen LogP contribution < -0.4 is 5.73 Å². The summed E-state index contributed by atoms with van der Waals surface area (Å²) in [7, 11) is 0. The van der Waals surface area contributed by atoms with Crippen molar-refractivity contribution in [3.63, 3.8) is 0 Å². The van der Waals surface area contributed by atoms with Gasteiger partial charge in [0.25, 0.3) is 0 Å². The molecule has 0 saturated carbocycles. The van der Waals surface area contributed by atoms with Gasteiger partial charge in [-0.25, -0.2) is 0 Å². The first-order valence-corrected chi connectivity index (χ1v) is 10.8. The van der Waals surface area contributed by atoms with Crippen LogP contribution in [-0.4, -0.2) is 11.8 Å². The van der Waals surface area contributed by atoms with E-state index in [0.717, 1.165) is 18.3 Å². The summed E-state index contributed by atoms with van der Waals surface area (Å²) in [5.41, 5.74) is 5.57. The van der Waals surface area contributed by atoms with Crippen molar-refractivity contribution in [1.82, 2.24) is 0 Å². The second kappa shape index (κ2) is 16.1. The fraction of sp³-hybridized carbons (Fsp3) is 0.955. The van der Waals surface area contributed by atoms with Gasteiger partial charge in [-0.1, -0.05) is 97.8 Å². The smallest absolute Gasteiger partial charge is 0.149 e. The molecule has 0 amide bonds. The maximum Gasteiger partial charge on any atom is 0.149 e. The van der Waals surface area contributed by atoms with Gasteiger partial charge in [0.2, 0.25) is 0 Å². The van der Waals surface area contributed by atoms with Crippen LogP contribution in [0.25, 0.3) is 0 Å². The van der Waals surface area contributed by atoms with E-state index in [1.807, 2.05) is 0 Å². The molecule has 0 heterocycles. The maximum absolute atomic E-state index is 11.4. The highest BCUT2D eigenvalue weighted by atomic mass is 16.1. The van der Waals surface area contributed by atoms with Crippen molar-refractivity contribution < 1.29 is 4.79 Å². The SMILES string of the molecule is CCCC[C@@H](C)CCC[C@@H](C)CCCCCCCCC(=O)[C@H](C)N. The molecule has 0 aliphatic heterocycles. The van der Waals surface area contributed by atoms with E-state index >= 15 is 0 Å². The summed E-state index contributed by atoms with van der Waals surface area (Å²) >= 11 is 0. The Morgan fingerprint density at radius 1 is 0.708 bits per heavy atom. The second-order valence-electron chi connectivity index (χ2n) is 8.20. The third-order valence-electron chi connectivity index (χ3n) is 5.32. The highest BCUT2D eigenvalue weighted by Gasteiger charge is 2.07. The van der Waals surface area contributed by atoms with Crippen LogP contribution >= 0.6 is 0 Å². The predicted molar refractivity (Wildman–Crippen MR) is 107 cm³/mol. The van der Waals surface area contributed by atoms with Gasteiger partial charge in [0, 0.05) is 6.42 Å². The minimum Gasteiger partial charge on any atom is -0.322 e. The lowest BCUT2D eigenvalue weighted by molar-refractivity contribution is -0.120. The zero-order valence-corrected chi connectivity index (χ0v) is 17.1. The predicted octanol–water partition coefficient (Wildman–Crippen LogP) is 6.66. The Morgan fingerprint density at radius 2 is 1.17 bits per heavy atom. The first-order valence-electron chi connectivity index (χ1n) is 10.8. The number of hydrogen-bond donors (Lipinski definition) is 1. The normalized spacial score (nSPS) is 15.2. The standard InChI is InChI=1S/C22H45NO/c1-5-6-14-19(2)16-13-17-20(3)15-11-9-7-8-10-12-18-22(24)21(4)23/h19-21H,5-18,23H2,1-4H3/t19-,20+,21+/m1/s1. The minimum atomic E-state index is -0.277. The summed E-state index contributed by atoms with van der Waals surface area (Å²) < 4.78 is 0. The molecular weight excluding hydrogens is 294 g/mol. The quantitative estimate of drug-likeness (QED) is 0.301. The summed E-state index contributed by atoms with van der Waals surface area (Å²) in [4.78, 5) is 11.4. The zero-order valence-electron chi connectivity index (χ0n) is 17.1. The van der Waals surface area contributed by atoms with Crippen LogP contribution in [0, 0.1) is 11.8 Å². The van der Waals surface area contributed by atoms with Gasteiger partial charge in [0.15, 0.2) is 0 Å². The molecule has 0 spiro atoms. The Bertz CT molecular complexity index is 288. The lowest BCUT2D eigenvalue weighted by Crippen LogP contribution is -2.26. The van der Waals surface area contributed by atoms with Gasteiger partial charge in [0.1, 0.15) is 5.78 Å². The fourth-order valence-corrected chi connectivity index (χ4v) is 3.38. The molecule has 0 rings (SSSR count). The van der Waals surface area contributed by atoms with Crippen molar-refractivity contribution in [2.45, 2.75) is 124 Å². The van der Waals surface area contributed by atoms with E-state index in [0.29, 0.717) is 6.42 Å². The number of rotatable bonds is 17. The molecule has 3 atom stereocenters. The number of unbranched alkanes of at least 4 members (excludes halogenated alkanes) is 6. The van der Waals surface area contributed by atoms with Crippen molar-refractivity contribution >= 4 is 5.78 Å².